The van der Waals surface area contributed by atoms with Gasteiger partial charge in [-0.3, -0.25) is 4.79 Å². The molecule has 2 aliphatic rings. The van der Waals surface area contributed by atoms with E-state index >= 15 is 0 Å². The van der Waals surface area contributed by atoms with Crippen LogP contribution >= 0.6 is 0 Å². The number of anilines is 1. The number of nitrogens with zero attached hydrogens (tertiary/aromatic N) is 1. The second-order valence-corrected chi connectivity index (χ2v) is 4.45. The second-order valence-electron chi connectivity index (χ2n) is 4.45. The first-order valence-corrected chi connectivity index (χ1v) is 5.49. The van der Waals surface area contributed by atoms with Gasteiger partial charge in [0.05, 0.1) is 5.56 Å². The molecule has 5 heteroatoms. The Labute approximate surface area is 93.4 Å². The summed E-state index contributed by atoms with van der Waals surface area (Å²) in [7, 11) is 0. The lowest BCUT2D eigenvalue weighted by Gasteiger charge is -2.08. The van der Waals surface area contributed by atoms with Crippen LogP contribution in [0.25, 0.3) is 0 Å². The van der Waals surface area contributed by atoms with Crippen molar-refractivity contribution in [2.45, 2.75) is 6.04 Å². The molecule has 2 heterocycles. The van der Waals surface area contributed by atoms with Crippen LogP contribution in [0.5, 0.6) is 0 Å². The number of nitrogens with one attached hydrogen (secondary N) is 2. The number of fused-ring (bicyclic) bond motifs is 1. The first kappa shape index (κ1) is 9.59. The van der Waals surface area contributed by atoms with Crippen LogP contribution in [-0.4, -0.2) is 30.0 Å². The fourth-order valence-corrected chi connectivity index (χ4v) is 2.43. The Hall–Kier alpha value is -1.62. The molecule has 1 amide bonds. The summed E-state index contributed by atoms with van der Waals surface area (Å²) in [5, 5.41) is 6.72. The zero-order valence-electron chi connectivity index (χ0n) is 8.81. The largest absolute Gasteiger partial charge is 0.367 e. The van der Waals surface area contributed by atoms with Gasteiger partial charge in [-0.05, 0) is 24.0 Å². The van der Waals surface area contributed by atoms with Crippen LogP contribution in [0.1, 0.15) is 10.4 Å². The van der Waals surface area contributed by atoms with Crippen molar-refractivity contribution in [3.63, 3.8) is 0 Å². The van der Waals surface area contributed by atoms with Crippen molar-refractivity contribution < 1.29 is 4.79 Å². The monoisotopic (exact) mass is 218 g/mol. The van der Waals surface area contributed by atoms with E-state index in [4.69, 9.17) is 5.73 Å². The average molecular weight is 218 g/mol. The normalized spacial score (nSPS) is 30.9. The summed E-state index contributed by atoms with van der Waals surface area (Å²) < 4.78 is 0. The van der Waals surface area contributed by atoms with Gasteiger partial charge >= 0.3 is 0 Å². The molecule has 1 aliphatic carbocycles. The standard InChI is InChI=1S/C11H14N4O/c12-11(16)6-1-2-9(14-3-6)15-10-7-4-13-5-8(7)10/h1-3,7-8,10,13H,4-5H2,(H2,12,16)(H,14,15). The lowest BCUT2D eigenvalue weighted by Crippen LogP contribution is -2.21. The zero-order chi connectivity index (χ0) is 11.1. The first-order valence-electron chi connectivity index (χ1n) is 5.49. The number of aromatic nitrogens is 1. The molecule has 4 N–H and O–H groups in total. The summed E-state index contributed by atoms with van der Waals surface area (Å²) in [5.41, 5.74) is 5.59. The maximum Gasteiger partial charge on any atom is 0.250 e. The minimum atomic E-state index is -0.438. The molecule has 1 saturated heterocycles. The molecule has 2 fully saturated rings. The summed E-state index contributed by atoms with van der Waals surface area (Å²) in [5.74, 6) is 1.88. The quantitative estimate of drug-likeness (QED) is 0.657. The van der Waals surface area contributed by atoms with Crippen LogP contribution in [0.15, 0.2) is 18.3 Å². The Bertz CT molecular complexity index is 406. The molecule has 0 spiro atoms. The molecule has 1 aliphatic heterocycles. The predicted molar refractivity (Wildman–Crippen MR) is 60.0 cm³/mol. The number of piperidine rings is 1. The van der Waals surface area contributed by atoms with Crippen molar-refractivity contribution >= 4 is 11.7 Å². The summed E-state index contributed by atoms with van der Waals surface area (Å²) in [4.78, 5) is 15.0. The molecule has 0 bridgehead atoms. The Morgan fingerprint density at radius 2 is 2.19 bits per heavy atom. The highest BCUT2D eigenvalue weighted by Gasteiger charge is 2.53. The summed E-state index contributed by atoms with van der Waals surface area (Å²) in [6.45, 7) is 2.20. The third-order valence-corrected chi connectivity index (χ3v) is 3.45. The molecule has 84 valence electrons. The maximum atomic E-state index is 10.9. The van der Waals surface area contributed by atoms with Gasteiger partial charge in [0.1, 0.15) is 5.82 Å². The van der Waals surface area contributed by atoms with Gasteiger partial charge in [0, 0.05) is 25.3 Å². The molecule has 16 heavy (non-hydrogen) atoms. The van der Waals surface area contributed by atoms with E-state index in [0.717, 1.165) is 30.7 Å². The molecule has 0 aromatic carbocycles. The van der Waals surface area contributed by atoms with Crippen molar-refractivity contribution in [2.24, 2.45) is 17.6 Å². The highest BCUT2D eigenvalue weighted by Crippen LogP contribution is 2.43. The van der Waals surface area contributed by atoms with E-state index in [-0.39, 0.29) is 0 Å². The number of primary amides is 1. The first-order chi connectivity index (χ1) is 7.75. The fourth-order valence-electron chi connectivity index (χ4n) is 2.43. The second kappa shape index (κ2) is 3.45. The van der Waals surface area contributed by atoms with E-state index in [1.807, 2.05) is 6.07 Å². The number of pyridine rings is 1. The fraction of sp³-hybridized carbons (Fsp3) is 0.455. The summed E-state index contributed by atoms with van der Waals surface area (Å²) in [6.07, 6.45) is 1.51. The minimum absolute atomic E-state index is 0.438. The SMILES string of the molecule is NC(=O)c1ccc(NC2C3CNCC32)nc1. The van der Waals surface area contributed by atoms with Gasteiger partial charge in [0.2, 0.25) is 5.91 Å². The van der Waals surface area contributed by atoms with Crippen molar-refractivity contribution in [3.05, 3.63) is 23.9 Å². The highest BCUT2D eigenvalue weighted by molar-refractivity contribution is 5.92. The molecule has 1 saturated carbocycles. The van der Waals surface area contributed by atoms with Gasteiger partial charge in [-0.25, -0.2) is 4.98 Å². The Morgan fingerprint density at radius 1 is 1.44 bits per heavy atom. The van der Waals surface area contributed by atoms with E-state index in [0.29, 0.717) is 11.6 Å². The number of nitrogens with two attached hydrogens (primary N) is 1. The van der Waals surface area contributed by atoms with Gasteiger partial charge in [-0.15, -0.1) is 0 Å². The molecule has 0 radical (unpaired) electrons. The average Bonchev–Trinajstić information content (AvgIpc) is 2.75. The third-order valence-electron chi connectivity index (χ3n) is 3.45. The molecular weight excluding hydrogens is 204 g/mol. The van der Waals surface area contributed by atoms with Gasteiger partial charge in [0.15, 0.2) is 0 Å². The Morgan fingerprint density at radius 3 is 2.75 bits per heavy atom. The Kier molecular flexibility index (Phi) is 2.07. The Balaban J connectivity index is 1.65. The number of carbonyl (C=O) groups is 1. The number of carbonyl (C=O) groups excluding carboxylic acids is 1. The van der Waals surface area contributed by atoms with Crippen LogP contribution < -0.4 is 16.4 Å². The van der Waals surface area contributed by atoms with Crippen molar-refractivity contribution in [1.29, 1.82) is 0 Å². The predicted octanol–water partition coefficient (Wildman–Crippen LogP) is -0.190. The lowest BCUT2D eigenvalue weighted by atomic mass is 10.3. The van der Waals surface area contributed by atoms with Crippen molar-refractivity contribution in [2.75, 3.05) is 18.4 Å². The summed E-state index contributed by atoms with van der Waals surface area (Å²) in [6, 6.07) is 4.06. The van der Waals surface area contributed by atoms with Gasteiger partial charge in [-0.1, -0.05) is 0 Å². The molecule has 3 rings (SSSR count). The molecular formula is C11H14N4O. The number of hydrogen-bond donors (Lipinski definition) is 3. The molecule has 2 atom stereocenters. The van der Waals surface area contributed by atoms with E-state index in [9.17, 15) is 4.79 Å². The highest BCUT2D eigenvalue weighted by atomic mass is 16.1. The third kappa shape index (κ3) is 1.53. The van der Waals surface area contributed by atoms with Gasteiger partial charge < -0.3 is 16.4 Å². The van der Waals surface area contributed by atoms with E-state index < -0.39 is 5.91 Å². The smallest absolute Gasteiger partial charge is 0.250 e. The van der Waals surface area contributed by atoms with Gasteiger partial charge in [-0.2, -0.15) is 0 Å². The molecule has 5 nitrogen and oxygen atoms in total. The van der Waals surface area contributed by atoms with Crippen LogP contribution in [0.4, 0.5) is 5.82 Å². The number of amides is 1. The van der Waals surface area contributed by atoms with Crippen LogP contribution in [0.2, 0.25) is 0 Å². The van der Waals surface area contributed by atoms with Gasteiger partial charge in [0.25, 0.3) is 0 Å². The molecule has 1 aromatic rings. The maximum absolute atomic E-state index is 10.9. The van der Waals surface area contributed by atoms with E-state index in [1.165, 1.54) is 6.20 Å². The van der Waals surface area contributed by atoms with E-state index in [1.54, 1.807) is 6.07 Å². The van der Waals surface area contributed by atoms with Crippen molar-refractivity contribution in [3.8, 4) is 0 Å². The van der Waals surface area contributed by atoms with Crippen molar-refractivity contribution in [1.82, 2.24) is 10.3 Å². The minimum Gasteiger partial charge on any atom is -0.367 e. The topological polar surface area (TPSA) is 80.0 Å². The number of rotatable bonds is 3. The van der Waals surface area contributed by atoms with Crippen LogP contribution in [0.3, 0.4) is 0 Å². The molecule has 2 unspecified atom stereocenters. The zero-order valence-corrected chi connectivity index (χ0v) is 8.81. The van der Waals surface area contributed by atoms with Crippen LogP contribution in [0, 0.1) is 11.8 Å². The lowest BCUT2D eigenvalue weighted by molar-refractivity contribution is 0.1000. The van der Waals surface area contributed by atoms with Crippen LogP contribution in [-0.2, 0) is 0 Å². The summed E-state index contributed by atoms with van der Waals surface area (Å²) >= 11 is 0. The molecule has 1 aromatic heterocycles. The van der Waals surface area contributed by atoms with E-state index in [2.05, 4.69) is 15.6 Å². The number of hydrogen-bond acceptors (Lipinski definition) is 4.